The van der Waals surface area contributed by atoms with Crippen molar-refractivity contribution in [1.82, 2.24) is 4.31 Å². The van der Waals surface area contributed by atoms with E-state index in [1.807, 2.05) is 6.92 Å². The Kier molecular flexibility index (Phi) is 5.43. The molecular formula is C11H18N4O4S. The van der Waals surface area contributed by atoms with Crippen molar-refractivity contribution in [2.75, 3.05) is 18.5 Å². The van der Waals surface area contributed by atoms with Crippen LogP contribution in [0, 0.1) is 10.1 Å². The number of hydrazine groups is 1. The van der Waals surface area contributed by atoms with E-state index >= 15 is 0 Å². The average molecular weight is 302 g/mol. The molecule has 0 unspecified atom stereocenters. The molecule has 0 saturated heterocycles. The van der Waals surface area contributed by atoms with E-state index in [4.69, 9.17) is 5.84 Å². The second-order valence-electron chi connectivity index (χ2n) is 4.08. The van der Waals surface area contributed by atoms with Gasteiger partial charge in [-0.15, -0.1) is 0 Å². The average Bonchev–Trinajstić information content (AvgIpc) is 2.43. The lowest BCUT2D eigenvalue weighted by molar-refractivity contribution is -0.387. The van der Waals surface area contributed by atoms with Crippen LogP contribution in [0.5, 0.6) is 0 Å². The second kappa shape index (κ2) is 6.64. The van der Waals surface area contributed by atoms with Crippen molar-refractivity contribution in [3.63, 3.8) is 0 Å². The summed E-state index contributed by atoms with van der Waals surface area (Å²) in [6, 6.07) is 3.69. The number of nitro groups is 1. The highest BCUT2D eigenvalue weighted by Crippen LogP contribution is 2.29. The Hall–Kier alpha value is -1.71. The summed E-state index contributed by atoms with van der Waals surface area (Å²) in [6.45, 7) is 4.10. The second-order valence-corrected chi connectivity index (χ2v) is 5.99. The lowest BCUT2D eigenvalue weighted by atomic mass is 10.3. The van der Waals surface area contributed by atoms with E-state index in [0.717, 1.165) is 6.07 Å². The van der Waals surface area contributed by atoms with E-state index < -0.39 is 20.6 Å². The molecule has 0 aromatic heterocycles. The largest absolute Gasteiger partial charge is 0.324 e. The van der Waals surface area contributed by atoms with E-state index in [2.05, 4.69) is 5.43 Å². The first kappa shape index (κ1) is 16.3. The number of rotatable bonds is 7. The third kappa shape index (κ3) is 3.24. The fraction of sp³-hybridized carbons (Fsp3) is 0.455. The van der Waals surface area contributed by atoms with Gasteiger partial charge >= 0.3 is 0 Å². The summed E-state index contributed by atoms with van der Waals surface area (Å²) in [6.07, 6.45) is 0.628. The Bertz CT molecular complexity index is 588. The van der Waals surface area contributed by atoms with Gasteiger partial charge in [-0.05, 0) is 18.6 Å². The minimum absolute atomic E-state index is 0.254. The van der Waals surface area contributed by atoms with Crippen LogP contribution < -0.4 is 11.3 Å². The number of nitrogens with two attached hydrogens (primary N) is 1. The number of hydrogen-bond donors (Lipinski definition) is 2. The van der Waals surface area contributed by atoms with Gasteiger partial charge in [0.25, 0.3) is 5.69 Å². The minimum atomic E-state index is -3.89. The molecule has 1 aromatic carbocycles. The van der Waals surface area contributed by atoms with Crippen LogP contribution in [0.4, 0.5) is 11.4 Å². The number of hydrogen-bond acceptors (Lipinski definition) is 6. The molecular weight excluding hydrogens is 284 g/mol. The van der Waals surface area contributed by atoms with Crippen LogP contribution in [0.15, 0.2) is 23.1 Å². The molecule has 0 bridgehead atoms. The van der Waals surface area contributed by atoms with Gasteiger partial charge in [0.2, 0.25) is 10.0 Å². The quantitative estimate of drug-likeness (QED) is 0.445. The van der Waals surface area contributed by atoms with Gasteiger partial charge in [0.05, 0.1) is 10.6 Å². The van der Waals surface area contributed by atoms with Gasteiger partial charge in [-0.25, -0.2) is 8.42 Å². The maximum absolute atomic E-state index is 12.4. The fourth-order valence-electron chi connectivity index (χ4n) is 1.80. The summed E-state index contributed by atoms with van der Waals surface area (Å²) in [5.41, 5.74) is 2.04. The van der Waals surface area contributed by atoms with E-state index in [1.54, 1.807) is 6.92 Å². The number of benzene rings is 1. The maximum atomic E-state index is 12.4. The first-order valence-electron chi connectivity index (χ1n) is 6.13. The predicted molar refractivity (Wildman–Crippen MR) is 75.6 cm³/mol. The van der Waals surface area contributed by atoms with Gasteiger partial charge in [-0.3, -0.25) is 16.0 Å². The molecule has 0 fully saturated rings. The SMILES string of the molecule is CCCN(CC)S(=O)(=O)c1ccc(NN)cc1[N+](=O)[O-]. The summed E-state index contributed by atoms with van der Waals surface area (Å²) in [5, 5.41) is 11.1. The Morgan fingerprint density at radius 1 is 1.40 bits per heavy atom. The molecule has 0 heterocycles. The fourth-order valence-corrected chi connectivity index (χ4v) is 3.48. The molecule has 3 N–H and O–H groups in total. The Morgan fingerprint density at radius 3 is 2.50 bits per heavy atom. The molecule has 0 spiro atoms. The first-order chi connectivity index (χ1) is 9.38. The van der Waals surface area contributed by atoms with E-state index in [9.17, 15) is 18.5 Å². The Balaban J connectivity index is 3.40. The van der Waals surface area contributed by atoms with Crippen molar-refractivity contribution in [2.45, 2.75) is 25.2 Å². The number of nitrogens with one attached hydrogen (secondary N) is 1. The topological polar surface area (TPSA) is 119 Å². The van der Waals surface area contributed by atoms with Crippen LogP contribution in [-0.4, -0.2) is 30.7 Å². The normalized spacial score (nSPS) is 11.6. The molecule has 0 aliphatic rings. The number of sulfonamides is 1. The van der Waals surface area contributed by atoms with Crippen LogP contribution in [0.25, 0.3) is 0 Å². The highest BCUT2D eigenvalue weighted by Gasteiger charge is 2.30. The van der Waals surface area contributed by atoms with E-state index in [1.165, 1.54) is 16.4 Å². The van der Waals surface area contributed by atoms with Crippen LogP contribution in [-0.2, 0) is 10.0 Å². The Morgan fingerprint density at radius 2 is 2.05 bits per heavy atom. The zero-order valence-electron chi connectivity index (χ0n) is 11.4. The van der Waals surface area contributed by atoms with Crippen molar-refractivity contribution in [1.29, 1.82) is 0 Å². The summed E-state index contributed by atoms with van der Waals surface area (Å²) >= 11 is 0. The smallest absolute Gasteiger partial charge is 0.291 e. The lowest BCUT2D eigenvalue weighted by Crippen LogP contribution is -2.32. The molecule has 9 heteroatoms. The van der Waals surface area contributed by atoms with Gasteiger partial charge in [0.15, 0.2) is 4.90 Å². The summed E-state index contributed by atoms with van der Waals surface area (Å²) < 4.78 is 26.1. The zero-order chi connectivity index (χ0) is 15.3. The molecule has 0 saturated carbocycles. The molecule has 0 amide bonds. The molecule has 8 nitrogen and oxygen atoms in total. The highest BCUT2D eigenvalue weighted by atomic mass is 32.2. The minimum Gasteiger partial charge on any atom is -0.324 e. The summed E-state index contributed by atoms with van der Waals surface area (Å²) in [4.78, 5) is 10.0. The lowest BCUT2D eigenvalue weighted by Gasteiger charge is -2.19. The van der Waals surface area contributed by atoms with Crippen molar-refractivity contribution >= 4 is 21.4 Å². The van der Waals surface area contributed by atoms with E-state index in [-0.39, 0.29) is 17.1 Å². The van der Waals surface area contributed by atoms with Crippen molar-refractivity contribution < 1.29 is 13.3 Å². The number of anilines is 1. The van der Waals surface area contributed by atoms with Crippen LogP contribution in [0.2, 0.25) is 0 Å². The molecule has 0 atom stereocenters. The third-order valence-corrected chi connectivity index (χ3v) is 4.79. The highest BCUT2D eigenvalue weighted by molar-refractivity contribution is 7.89. The molecule has 0 radical (unpaired) electrons. The summed E-state index contributed by atoms with van der Waals surface area (Å²) in [5.74, 6) is 5.18. The van der Waals surface area contributed by atoms with Gasteiger partial charge in [0, 0.05) is 19.2 Å². The molecule has 20 heavy (non-hydrogen) atoms. The number of nitrogen functional groups attached to an aromatic ring is 1. The van der Waals surface area contributed by atoms with Crippen LogP contribution in [0.3, 0.4) is 0 Å². The van der Waals surface area contributed by atoms with Gasteiger partial charge < -0.3 is 5.43 Å². The molecule has 1 aromatic rings. The Labute approximate surface area is 117 Å². The van der Waals surface area contributed by atoms with Gasteiger partial charge in [0.1, 0.15) is 0 Å². The molecule has 1 rings (SSSR count). The predicted octanol–water partition coefficient (Wildman–Crippen LogP) is 1.30. The number of nitro benzene ring substituents is 1. The number of nitrogens with zero attached hydrogens (tertiary/aromatic N) is 2. The van der Waals surface area contributed by atoms with Crippen LogP contribution >= 0.6 is 0 Å². The van der Waals surface area contributed by atoms with Gasteiger partial charge in [-0.1, -0.05) is 13.8 Å². The van der Waals surface area contributed by atoms with Crippen molar-refractivity contribution in [3.8, 4) is 0 Å². The maximum Gasteiger partial charge on any atom is 0.291 e. The van der Waals surface area contributed by atoms with Gasteiger partial charge in [-0.2, -0.15) is 4.31 Å². The molecule has 0 aliphatic heterocycles. The summed E-state index contributed by atoms with van der Waals surface area (Å²) in [7, 11) is -3.89. The monoisotopic (exact) mass is 302 g/mol. The zero-order valence-corrected chi connectivity index (χ0v) is 12.2. The van der Waals surface area contributed by atoms with Crippen molar-refractivity contribution in [2.24, 2.45) is 5.84 Å². The third-order valence-electron chi connectivity index (χ3n) is 2.77. The van der Waals surface area contributed by atoms with E-state index in [0.29, 0.717) is 13.0 Å². The van der Waals surface area contributed by atoms with Crippen molar-refractivity contribution in [3.05, 3.63) is 28.3 Å². The molecule has 112 valence electrons. The van der Waals surface area contributed by atoms with Crippen LogP contribution in [0.1, 0.15) is 20.3 Å². The standard InChI is InChI=1S/C11H18N4O4S/c1-3-7-14(4-2)20(18,19)11-6-5-9(13-12)8-10(11)15(16)17/h5-6,8,13H,3-4,7,12H2,1-2H3. The molecule has 0 aliphatic carbocycles. The first-order valence-corrected chi connectivity index (χ1v) is 7.57.